The minimum atomic E-state index is -1.39. The molecule has 2 heterocycles. The number of benzene rings is 2. The zero-order valence-corrected chi connectivity index (χ0v) is 17.0. The molecule has 8 heteroatoms. The number of aromatic amines is 1. The quantitative estimate of drug-likeness (QED) is 0.597. The van der Waals surface area contributed by atoms with Crippen LogP contribution < -0.4 is 9.47 Å². The highest BCUT2D eigenvalue weighted by atomic mass is 32.2. The topological polar surface area (TPSA) is 88.7 Å². The number of methoxy groups -OCH3 is 2. The van der Waals surface area contributed by atoms with E-state index >= 15 is 0 Å². The largest absolute Gasteiger partial charge is 0.609 e. The van der Waals surface area contributed by atoms with Gasteiger partial charge < -0.3 is 23.5 Å². The van der Waals surface area contributed by atoms with Gasteiger partial charge in [0.2, 0.25) is 6.29 Å². The first-order valence-corrected chi connectivity index (χ1v) is 10.5. The van der Waals surface area contributed by atoms with Crippen LogP contribution in [0.1, 0.15) is 0 Å². The van der Waals surface area contributed by atoms with Gasteiger partial charge in [0.05, 0.1) is 33.1 Å². The van der Waals surface area contributed by atoms with Crippen molar-refractivity contribution in [1.29, 1.82) is 0 Å². The minimum Gasteiger partial charge on any atom is -0.609 e. The second-order valence-corrected chi connectivity index (χ2v) is 7.82. The molecule has 1 atom stereocenters. The van der Waals surface area contributed by atoms with Gasteiger partial charge in [0.25, 0.3) is 0 Å². The summed E-state index contributed by atoms with van der Waals surface area (Å²) in [6.45, 7) is 1.04. The molecule has 1 aliphatic rings. The van der Waals surface area contributed by atoms with Crippen molar-refractivity contribution >= 4 is 11.2 Å². The van der Waals surface area contributed by atoms with Crippen LogP contribution in [0, 0.1) is 0 Å². The summed E-state index contributed by atoms with van der Waals surface area (Å²) in [5.41, 5.74) is 3.31. The molecule has 152 valence electrons. The molecule has 0 saturated carbocycles. The molecule has 7 nitrogen and oxygen atoms in total. The summed E-state index contributed by atoms with van der Waals surface area (Å²) in [6, 6.07) is 15.2. The van der Waals surface area contributed by atoms with Gasteiger partial charge in [0.1, 0.15) is 17.2 Å². The molecule has 0 aliphatic carbocycles. The summed E-state index contributed by atoms with van der Waals surface area (Å²) in [6.07, 6.45) is -0.463. The van der Waals surface area contributed by atoms with Crippen molar-refractivity contribution in [2.45, 2.75) is 11.4 Å². The van der Waals surface area contributed by atoms with E-state index in [0.29, 0.717) is 18.4 Å². The van der Waals surface area contributed by atoms with E-state index in [1.165, 1.54) is 0 Å². The fourth-order valence-corrected chi connectivity index (χ4v) is 4.10. The lowest BCUT2D eigenvalue weighted by Crippen LogP contribution is -2.22. The fourth-order valence-electron chi connectivity index (χ4n) is 3.09. The Labute approximate surface area is 172 Å². The van der Waals surface area contributed by atoms with Gasteiger partial charge >= 0.3 is 5.16 Å². The maximum absolute atomic E-state index is 12.8. The molecule has 1 aromatic heterocycles. The van der Waals surface area contributed by atoms with Gasteiger partial charge in [-0.25, -0.2) is 0 Å². The molecule has 1 unspecified atom stereocenters. The van der Waals surface area contributed by atoms with E-state index in [9.17, 15) is 4.55 Å². The van der Waals surface area contributed by atoms with Gasteiger partial charge in [-0.2, -0.15) is 4.98 Å². The molecule has 0 bridgehead atoms. The molecule has 1 fully saturated rings. The Morgan fingerprint density at radius 1 is 0.966 bits per heavy atom. The molecule has 1 aliphatic heterocycles. The van der Waals surface area contributed by atoms with Crippen molar-refractivity contribution in [3.8, 4) is 34.0 Å². The van der Waals surface area contributed by atoms with Crippen LogP contribution >= 0.6 is 0 Å². The second kappa shape index (κ2) is 8.87. The van der Waals surface area contributed by atoms with Crippen LogP contribution in [-0.4, -0.2) is 54.0 Å². The van der Waals surface area contributed by atoms with Gasteiger partial charge in [-0.05, 0) is 48.5 Å². The van der Waals surface area contributed by atoms with Gasteiger partial charge in [0.15, 0.2) is 5.75 Å². The maximum Gasteiger partial charge on any atom is 0.321 e. The number of nitrogens with one attached hydrogen (secondary N) is 1. The molecule has 4 rings (SSSR count). The summed E-state index contributed by atoms with van der Waals surface area (Å²) in [5, 5.41) is 0.390. The SMILES string of the molecule is COc1ccc(-c2nc([S+]([O-])CC3OCCO3)[nH]c2-c2ccc(OC)cc2)cc1. The average molecular weight is 414 g/mol. The van der Waals surface area contributed by atoms with Crippen LogP contribution in [0.2, 0.25) is 0 Å². The Hall–Kier alpha value is -2.52. The van der Waals surface area contributed by atoms with Crippen molar-refractivity contribution in [1.82, 2.24) is 9.97 Å². The number of imidazole rings is 1. The first-order valence-electron chi connectivity index (χ1n) is 9.18. The highest BCUT2D eigenvalue weighted by molar-refractivity contribution is 7.91. The molecular weight excluding hydrogens is 392 g/mol. The molecule has 0 amide bonds. The number of aromatic nitrogens is 2. The van der Waals surface area contributed by atoms with Crippen molar-refractivity contribution in [2.24, 2.45) is 0 Å². The Morgan fingerprint density at radius 3 is 2.07 bits per heavy atom. The van der Waals surface area contributed by atoms with Crippen LogP contribution in [0.5, 0.6) is 11.5 Å². The van der Waals surface area contributed by atoms with E-state index < -0.39 is 17.5 Å². The number of ether oxygens (including phenoxy) is 4. The van der Waals surface area contributed by atoms with E-state index in [0.717, 1.165) is 34.0 Å². The molecule has 2 aromatic carbocycles. The fraction of sp³-hybridized carbons (Fsp3) is 0.286. The van der Waals surface area contributed by atoms with Crippen LogP contribution in [-0.2, 0) is 20.6 Å². The van der Waals surface area contributed by atoms with E-state index in [-0.39, 0.29) is 5.75 Å². The Kier molecular flexibility index (Phi) is 6.05. The van der Waals surface area contributed by atoms with E-state index in [1.807, 2.05) is 48.5 Å². The van der Waals surface area contributed by atoms with E-state index in [2.05, 4.69) is 9.97 Å². The highest BCUT2D eigenvalue weighted by Crippen LogP contribution is 2.33. The lowest BCUT2D eigenvalue weighted by atomic mass is 10.0. The lowest BCUT2D eigenvalue weighted by Gasteiger charge is -2.11. The third kappa shape index (κ3) is 4.40. The Morgan fingerprint density at radius 2 is 1.52 bits per heavy atom. The van der Waals surface area contributed by atoms with Crippen molar-refractivity contribution in [3.05, 3.63) is 48.5 Å². The highest BCUT2D eigenvalue weighted by Gasteiger charge is 2.28. The van der Waals surface area contributed by atoms with Gasteiger partial charge in [-0.3, -0.25) is 4.98 Å². The summed E-state index contributed by atoms with van der Waals surface area (Å²) in [7, 11) is 3.25. The molecule has 0 spiro atoms. The maximum atomic E-state index is 12.8. The Balaban J connectivity index is 1.70. The summed E-state index contributed by atoms with van der Waals surface area (Å²) in [4.78, 5) is 7.90. The number of hydrogen-bond donors (Lipinski definition) is 1. The van der Waals surface area contributed by atoms with Crippen molar-refractivity contribution < 1.29 is 23.5 Å². The smallest absolute Gasteiger partial charge is 0.321 e. The van der Waals surface area contributed by atoms with E-state index in [4.69, 9.17) is 18.9 Å². The van der Waals surface area contributed by atoms with Crippen molar-refractivity contribution in [3.63, 3.8) is 0 Å². The number of hydrogen-bond acceptors (Lipinski definition) is 6. The standard InChI is InChI=1S/C21H22N2O5S/c1-25-16-7-3-14(4-8-16)19-20(15-5-9-17(26-2)10-6-15)23-21(22-19)29(24)13-18-27-11-12-28-18/h3-10,18H,11-13H2,1-2H3,(H,22,23). The number of nitrogens with zero attached hydrogens (tertiary/aromatic N) is 1. The average Bonchev–Trinajstić information content (AvgIpc) is 3.44. The second-order valence-electron chi connectivity index (χ2n) is 6.41. The van der Waals surface area contributed by atoms with Crippen LogP contribution in [0.15, 0.2) is 53.7 Å². The first kappa shape index (κ1) is 19.8. The predicted molar refractivity (Wildman–Crippen MR) is 110 cm³/mol. The number of rotatable bonds is 7. The summed E-state index contributed by atoms with van der Waals surface area (Å²) < 4.78 is 34.2. The minimum absolute atomic E-state index is 0.234. The number of H-pyrrole nitrogens is 1. The summed E-state index contributed by atoms with van der Waals surface area (Å²) >= 11 is -1.39. The molecule has 1 N–H and O–H groups in total. The molecule has 29 heavy (non-hydrogen) atoms. The normalized spacial score (nSPS) is 15.4. The third-order valence-electron chi connectivity index (χ3n) is 4.62. The zero-order valence-electron chi connectivity index (χ0n) is 16.2. The van der Waals surface area contributed by atoms with Crippen LogP contribution in [0.25, 0.3) is 22.5 Å². The van der Waals surface area contributed by atoms with Crippen LogP contribution in [0.4, 0.5) is 0 Å². The Bertz CT molecular complexity index is 872. The van der Waals surface area contributed by atoms with E-state index in [1.54, 1.807) is 14.2 Å². The zero-order chi connectivity index (χ0) is 20.2. The van der Waals surface area contributed by atoms with Gasteiger partial charge in [-0.15, -0.1) is 0 Å². The van der Waals surface area contributed by atoms with Crippen molar-refractivity contribution in [2.75, 3.05) is 33.2 Å². The third-order valence-corrected chi connectivity index (χ3v) is 5.82. The molecule has 1 saturated heterocycles. The van der Waals surface area contributed by atoms with Gasteiger partial charge in [-0.1, -0.05) is 0 Å². The lowest BCUT2D eigenvalue weighted by molar-refractivity contribution is -0.0227. The summed E-state index contributed by atoms with van der Waals surface area (Å²) in [5.74, 6) is 1.76. The molecule has 0 radical (unpaired) electrons. The first-order chi connectivity index (χ1) is 14.2. The molecular formula is C21H22N2O5S. The van der Waals surface area contributed by atoms with Gasteiger partial charge in [0, 0.05) is 22.3 Å². The monoisotopic (exact) mass is 414 g/mol. The molecule has 3 aromatic rings. The predicted octanol–water partition coefficient (Wildman–Crippen LogP) is 3.24. The van der Waals surface area contributed by atoms with Crippen LogP contribution in [0.3, 0.4) is 0 Å².